The van der Waals surface area contributed by atoms with Gasteiger partial charge in [-0.1, -0.05) is 12.1 Å². The van der Waals surface area contributed by atoms with E-state index in [0.717, 1.165) is 24.2 Å². The predicted molar refractivity (Wildman–Crippen MR) is 119 cm³/mol. The summed E-state index contributed by atoms with van der Waals surface area (Å²) in [5.41, 5.74) is 0.392. The number of sulfonamides is 2. The molecule has 8 nitrogen and oxygen atoms in total. The number of hydrogen-bond donors (Lipinski definition) is 1. The molecule has 2 aromatic rings. The van der Waals surface area contributed by atoms with Gasteiger partial charge in [0.05, 0.1) is 10.8 Å². The largest absolute Gasteiger partial charge is 0.326 e. The highest BCUT2D eigenvalue weighted by Gasteiger charge is 2.34. The molecule has 168 valence electrons. The fourth-order valence-corrected chi connectivity index (χ4v) is 8.20. The Bertz CT molecular complexity index is 1140. The molecule has 1 aromatic heterocycles. The van der Waals surface area contributed by atoms with Crippen molar-refractivity contribution in [1.82, 2.24) is 8.61 Å². The van der Waals surface area contributed by atoms with Crippen molar-refractivity contribution in [3.63, 3.8) is 0 Å². The third-order valence-corrected chi connectivity index (χ3v) is 10.8. The summed E-state index contributed by atoms with van der Waals surface area (Å²) in [5.74, 6) is -0.802. The molecule has 1 unspecified atom stereocenters. The monoisotopic (exact) mass is 483 g/mol. The molecule has 0 radical (unpaired) electrons. The number of carbonyl (C=O) groups is 1. The molecule has 2 aliphatic rings. The Morgan fingerprint density at radius 1 is 0.935 bits per heavy atom. The number of nitrogens with zero attached hydrogens (tertiary/aromatic N) is 2. The zero-order valence-corrected chi connectivity index (χ0v) is 19.4. The van der Waals surface area contributed by atoms with Gasteiger partial charge in [-0.3, -0.25) is 4.79 Å². The molecule has 1 amide bonds. The van der Waals surface area contributed by atoms with Crippen LogP contribution in [0.5, 0.6) is 0 Å². The Hall–Kier alpha value is -1.79. The van der Waals surface area contributed by atoms with Gasteiger partial charge in [0, 0.05) is 31.9 Å². The van der Waals surface area contributed by atoms with Gasteiger partial charge in [-0.15, -0.1) is 11.3 Å². The van der Waals surface area contributed by atoms with Gasteiger partial charge in [0.25, 0.3) is 10.0 Å². The lowest BCUT2D eigenvalue weighted by Crippen LogP contribution is -2.43. The van der Waals surface area contributed by atoms with Crippen LogP contribution in [0.25, 0.3) is 0 Å². The molecule has 0 saturated carbocycles. The normalized spacial score (nSPS) is 21.2. The molecule has 31 heavy (non-hydrogen) atoms. The second-order valence-corrected chi connectivity index (χ2v) is 12.8. The summed E-state index contributed by atoms with van der Waals surface area (Å²) in [5, 5.41) is 4.49. The van der Waals surface area contributed by atoms with Gasteiger partial charge in [-0.2, -0.15) is 8.61 Å². The summed E-state index contributed by atoms with van der Waals surface area (Å²) >= 11 is 1.16. The van der Waals surface area contributed by atoms with Crippen LogP contribution in [-0.2, 0) is 24.8 Å². The van der Waals surface area contributed by atoms with Gasteiger partial charge in [0.1, 0.15) is 4.21 Å². The number of carbonyl (C=O) groups excluding carboxylic acids is 1. The predicted octanol–water partition coefficient (Wildman–Crippen LogP) is 2.57. The van der Waals surface area contributed by atoms with Gasteiger partial charge in [0.15, 0.2) is 0 Å². The minimum atomic E-state index is -3.61. The van der Waals surface area contributed by atoms with Gasteiger partial charge in [-0.25, -0.2) is 16.8 Å². The number of hydrogen-bond acceptors (Lipinski definition) is 6. The molecule has 1 N–H and O–H groups in total. The van der Waals surface area contributed by atoms with Crippen LogP contribution in [0.1, 0.15) is 25.7 Å². The second-order valence-electron chi connectivity index (χ2n) is 7.76. The van der Waals surface area contributed by atoms with E-state index in [4.69, 9.17) is 0 Å². The molecule has 11 heteroatoms. The maximum atomic E-state index is 12.9. The van der Waals surface area contributed by atoms with E-state index >= 15 is 0 Å². The maximum Gasteiger partial charge on any atom is 0.252 e. The van der Waals surface area contributed by atoms with Crippen molar-refractivity contribution in [2.45, 2.75) is 34.8 Å². The minimum Gasteiger partial charge on any atom is -0.326 e. The van der Waals surface area contributed by atoms with Crippen LogP contribution in [0.4, 0.5) is 5.69 Å². The topological polar surface area (TPSA) is 104 Å². The molecule has 0 aliphatic carbocycles. The summed E-state index contributed by atoms with van der Waals surface area (Å²) in [6, 6.07) is 9.50. The van der Waals surface area contributed by atoms with Crippen molar-refractivity contribution in [3.05, 3.63) is 41.8 Å². The van der Waals surface area contributed by atoms with Crippen molar-refractivity contribution in [1.29, 1.82) is 0 Å². The van der Waals surface area contributed by atoms with Gasteiger partial charge in [0.2, 0.25) is 15.9 Å². The van der Waals surface area contributed by atoms with Crippen LogP contribution in [0, 0.1) is 5.92 Å². The van der Waals surface area contributed by atoms with Crippen molar-refractivity contribution < 1.29 is 21.6 Å². The van der Waals surface area contributed by atoms with E-state index in [-0.39, 0.29) is 21.6 Å². The number of amides is 1. The lowest BCUT2D eigenvalue weighted by atomic mass is 9.99. The van der Waals surface area contributed by atoms with Crippen molar-refractivity contribution in [3.8, 4) is 0 Å². The van der Waals surface area contributed by atoms with Crippen molar-refractivity contribution in [2.24, 2.45) is 5.92 Å². The van der Waals surface area contributed by atoms with Crippen LogP contribution in [0.3, 0.4) is 0 Å². The Morgan fingerprint density at radius 2 is 1.68 bits per heavy atom. The highest BCUT2D eigenvalue weighted by molar-refractivity contribution is 7.91. The first-order valence-corrected chi connectivity index (χ1v) is 14.0. The van der Waals surface area contributed by atoms with E-state index < -0.39 is 26.0 Å². The minimum absolute atomic E-state index is 0.109. The van der Waals surface area contributed by atoms with Crippen LogP contribution in [0.15, 0.2) is 50.9 Å². The molecular weight excluding hydrogens is 458 g/mol. The summed E-state index contributed by atoms with van der Waals surface area (Å²) in [4.78, 5) is 13.0. The molecule has 2 fully saturated rings. The van der Waals surface area contributed by atoms with Crippen LogP contribution in [-0.4, -0.2) is 57.5 Å². The molecule has 1 atom stereocenters. The average Bonchev–Trinajstić information content (AvgIpc) is 3.48. The van der Waals surface area contributed by atoms with Crippen LogP contribution < -0.4 is 5.32 Å². The van der Waals surface area contributed by atoms with Gasteiger partial charge in [-0.05, 0) is 55.3 Å². The first-order valence-electron chi connectivity index (χ1n) is 10.2. The lowest BCUT2D eigenvalue weighted by molar-refractivity contribution is -0.120. The highest BCUT2D eigenvalue weighted by atomic mass is 32.2. The van der Waals surface area contributed by atoms with E-state index in [2.05, 4.69) is 5.32 Å². The Labute approximate surface area is 187 Å². The number of benzene rings is 1. The smallest absolute Gasteiger partial charge is 0.252 e. The number of piperidine rings is 1. The van der Waals surface area contributed by atoms with E-state index in [1.807, 2.05) is 0 Å². The molecule has 2 saturated heterocycles. The van der Waals surface area contributed by atoms with Crippen LogP contribution in [0.2, 0.25) is 0 Å². The zero-order valence-electron chi connectivity index (χ0n) is 16.9. The summed E-state index contributed by atoms with van der Waals surface area (Å²) < 4.78 is 54.2. The highest BCUT2D eigenvalue weighted by Crippen LogP contribution is 2.28. The number of anilines is 1. The van der Waals surface area contributed by atoms with Gasteiger partial charge < -0.3 is 5.32 Å². The summed E-state index contributed by atoms with van der Waals surface area (Å²) in [6.45, 7) is 1.51. The molecule has 0 spiro atoms. The third-order valence-electron chi connectivity index (χ3n) is 5.65. The van der Waals surface area contributed by atoms with Crippen LogP contribution >= 0.6 is 11.3 Å². The quantitative estimate of drug-likeness (QED) is 0.680. The van der Waals surface area contributed by atoms with E-state index in [9.17, 15) is 21.6 Å². The molecule has 1 aromatic carbocycles. The first-order chi connectivity index (χ1) is 14.8. The van der Waals surface area contributed by atoms with E-state index in [1.54, 1.807) is 29.6 Å². The lowest BCUT2D eigenvalue weighted by Gasteiger charge is -2.30. The Balaban J connectivity index is 1.46. The zero-order chi connectivity index (χ0) is 22.1. The average molecular weight is 484 g/mol. The van der Waals surface area contributed by atoms with Gasteiger partial charge >= 0.3 is 0 Å². The molecule has 0 bridgehead atoms. The first kappa shape index (κ1) is 22.4. The molecule has 4 rings (SSSR count). The van der Waals surface area contributed by atoms with Crippen molar-refractivity contribution >= 4 is 43.0 Å². The summed E-state index contributed by atoms with van der Waals surface area (Å²) in [7, 11) is -7.19. The number of thiophene rings is 1. The van der Waals surface area contributed by atoms with E-state index in [1.165, 1.54) is 20.7 Å². The fraction of sp³-hybridized carbons (Fsp3) is 0.450. The standard InChI is InChI=1S/C20H25N3O5S3/c24-20(16-6-4-12-23(15-16)31(27,28)19-9-5-13-29-19)21-17-7-3-8-18(14-17)30(25,26)22-10-1-2-11-22/h3,5,7-9,13-14,16H,1-2,4,6,10-12,15H2,(H,21,24). The maximum absolute atomic E-state index is 12.9. The molecular formula is C20H25N3O5S3. The Morgan fingerprint density at radius 3 is 2.39 bits per heavy atom. The summed E-state index contributed by atoms with van der Waals surface area (Å²) in [6.07, 6.45) is 2.87. The third kappa shape index (κ3) is 4.70. The molecule has 2 aliphatic heterocycles. The van der Waals surface area contributed by atoms with E-state index in [0.29, 0.717) is 38.2 Å². The fourth-order valence-electron chi connectivity index (χ4n) is 3.97. The Kier molecular flexibility index (Phi) is 6.50. The SMILES string of the molecule is O=C(Nc1cccc(S(=O)(=O)N2CCCC2)c1)C1CCCN(S(=O)(=O)c2cccs2)C1. The molecule has 3 heterocycles. The number of rotatable bonds is 6. The van der Waals surface area contributed by atoms with Crippen molar-refractivity contribution in [2.75, 3.05) is 31.5 Å². The second kappa shape index (κ2) is 8.99. The number of nitrogens with one attached hydrogen (secondary N) is 1.